The summed E-state index contributed by atoms with van der Waals surface area (Å²) in [4.78, 5) is 18.9. The zero-order valence-electron chi connectivity index (χ0n) is 18.1. The van der Waals surface area contributed by atoms with Crippen molar-refractivity contribution >= 4 is 12.3 Å². The molecule has 0 unspecified atom stereocenters. The lowest BCUT2D eigenvalue weighted by atomic mass is 10.1. The molecule has 1 aliphatic heterocycles. The number of carboxylic acid groups (broad SMARTS) is 1. The van der Waals surface area contributed by atoms with Gasteiger partial charge in [0.2, 0.25) is 0 Å². The zero-order valence-corrected chi connectivity index (χ0v) is 18.1. The maximum atomic E-state index is 14.5. The highest BCUT2D eigenvalue weighted by Crippen LogP contribution is 2.27. The van der Waals surface area contributed by atoms with Gasteiger partial charge in [0, 0.05) is 24.7 Å². The number of aromatic nitrogens is 5. The second kappa shape index (κ2) is 10.6. The predicted octanol–water partition coefficient (Wildman–Crippen LogP) is 4.01. The zero-order chi connectivity index (χ0) is 23.9. The van der Waals surface area contributed by atoms with Crippen molar-refractivity contribution in [1.29, 1.82) is 0 Å². The fourth-order valence-electron chi connectivity index (χ4n) is 3.79. The average molecular weight is 468 g/mol. The molecule has 34 heavy (non-hydrogen) atoms. The normalized spacial score (nSPS) is 13.3. The summed E-state index contributed by atoms with van der Waals surface area (Å²) in [6.45, 7) is 1.47. The van der Waals surface area contributed by atoms with Crippen molar-refractivity contribution in [1.82, 2.24) is 24.9 Å². The number of rotatable bonds is 5. The van der Waals surface area contributed by atoms with Gasteiger partial charge in [-0.2, -0.15) is 5.10 Å². The minimum atomic E-state index is -0.451. The first kappa shape index (κ1) is 23.0. The summed E-state index contributed by atoms with van der Waals surface area (Å²) in [6, 6.07) is 9.97. The molecular formula is C23H22F2N6O3. The van der Waals surface area contributed by atoms with Crippen molar-refractivity contribution < 1.29 is 23.2 Å². The number of hydrogen-bond acceptors (Lipinski definition) is 7. The molecule has 3 aromatic heterocycles. The molecule has 5 rings (SSSR count). The Bertz CT molecular complexity index is 1240. The van der Waals surface area contributed by atoms with Gasteiger partial charge in [-0.05, 0) is 31.4 Å². The fourth-order valence-corrected chi connectivity index (χ4v) is 3.79. The molecular weight excluding hydrogens is 446 g/mol. The van der Waals surface area contributed by atoms with Crippen LogP contribution in [0.5, 0.6) is 0 Å². The van der Waals surface area contributed by atoms with E-state index >= 15 is 0 Å². The van der Waals surface area contributed by atoms with E-state index in [1.54, 1.807) is 35.0 Å². The standard InChI is InChI=1S/C22H20F2N6O.CH2O2/c23-16-7-3-2-6-15(16)14-30-20(18-8-11-31-28-18)12-19(27-30)21-25-13-17(24)22(26-21)29-9-4-1-5-10-29;2-1-3/h2-3,6-8,11-13H,1,4-5,9-10,14H2;1H,(H,2,3). The number of piperidine rings is 1. The number of hydrogen-bond donors (Lipinski definition) is 1. The lowest BCUT2D eigenvalue weighted by molar-refractivity contribution is -0.122. The van der Waals surface area contributed by atoms with Gasteiger partial charge in [0.1, 0.15) is 23.5 Å². The Kier molecular flexibility index (Phi) is 7.21. The summed E-state index contributed by atoms with van der Waals surface area (Å²) in [5, 5.41) is 15.5. The van der Waals surface area contributed by atoms with Crippen LogP contribution < -0.4 is 4.90 Å². The molecule has 9 nitrogen and oxygen atoms in total. The highest BCUT2D eigenvalue weighted by Gasteiger charge is 2.21. The Morgan fingerprint density at radius 2 is 1.82 bits per heavy atom. The van der Waals surface area contributed by atoms with E-state index in [0.29, 0.717) is 28.5 Å². The van der Waals surface area contributed by atoms with Crippen molar-refractivity contribution in [3.05, 3.63) is 66.1 Å². The third kappa shape index (κ3) is 5.08. The van der Waals surface area contributed by atoms with Crippen molar-refractivity contribution in [2.45, 2.75) is 25.8 Å². The Labute approximate surface area is 193 Å². The van der Waals surface area contributed by atoms with Crippen LogP contribution in [0.4, 0.5) is 14.6 Å². The number of nitrogens with zero attached hydrogens (tertiary/aromatic N) is 6. The molecule has 0 aliphatic carbocycles. The minimum Gasteiger partial charge on any atom is -0.483 e. The minimum absolute atomic E-state index is 0.190. The van der Waals surface area contributed by atoms with Crippen LogP contribution in [0.3, 0.4) is 0 Å². The SMILES string of the molecule is Fc1ccccc1Cn1nc(-c2ncc(F)c(N3CCCCC3)n2)cc1-c1ccon1.O=CO. The molecule has 1 fully saturated rings. The topological polar surface area (TPSA) is 110 Å². The molecule has 4 heterocycles. The maximum absolute atomic E-state index is 14.5. The summed E-state index contributed by atoms with van der Waals surface area (Å²) in [5.41, 5.74) is 2.11. The summed E-state index contributed by atoms with van der Waals surface area (Å²) < 4.78 is 35.3. The second-order valence-corrected chi connectivity index (χ2v) is 7.57. The first-order chi connectivity index (χ1) is 16.6. The third-order valence-electron chi connectivity index (χ3n) is 5.37. The van der Waals surface area contributed by atoms with E-state index in [1.807, 2.05) is 4.90 Å². The van der Waals surface area contributed by atoms with Gasteiger partial charge in [-0.1, -0.05) is 23.4 Å². The summed E-state index contributed by atoms with van der Waals surface area (Å²) in [7, 11) is 0. The van der Waals surface area contributed by atoms with Gasteiger partial charge >= 0.3 is 0 Å². The van der Waals surface area contributed by atoms with Crippen molar-refractivity contribution in [2.75, 3.05) is 18.0 Å². The molecule has 0 spiro atoms. The number of halogens is 2. The summed E-state index contributed by atoms with van der Waals surface area (Å²) >= 11 is 0. The summed E-state index contributed by atoms with van der Waals surface area (Å²) in [5.74, 6) is -0.181. The van der Waals surface area contributed by atoms with Gasteiger partial charge in [0.05, 0.1) is 18.4 Å². The van der Waals surface area contributed by atoms with Crippen LogP contribution in [-0.4, -0.2) is 49.6 Å². The van der Waals surface area contributed by atoms with Gasteiger partial charge in [-0.3, -0.25) is 9.48 Å². The molecule has 1 saturated heterocycles. The monoisotopic (exact) mass is 468 g/mol. The molecule has 0 atom stereocenters. The van der Waals surface area contributed by atoms with E-state index in [-0.39, 0.29) is 24.7 Å². The smallest absolute Gasteiger partial charge is 0.290 e. The van der Waals surface area contributed by atoms with Crippen LogP contribution in [-0.2, 0) is 11.3 Å². The third-order valence-corrected chi connectivity index (χ3v) is 5.37. The van der Waals surface area contributed by atoms with E-state index in [2.05, 4.69) is 20.2 Å². The van der Waals surface area contributed by atoms with Crippen LogP contribution in [0.15, 0.2) is 53.4 Å². The van der Waals surface area contributed by atoms with E-state index in [9.17, 15) is 8.78 Å². The molecule has 0 saturated carbocycles. The van der Waals surface area contributed by atoms with Gasteiger partial charge in [-0.15, -0.1) is 0 Å². The van der Waals surface area contributed by atoms with Crippen LogP contribution in [0.25, 0.3) is 22.9 Å². The predicted molar refractivity (Wildman–Crippen MR) is 119 cm³/mol. The van der Waals surface area contributed by atoms with Gasteiger partial charge in [0.25, 0.3) is 6.47 Å². The van der Waals surface area contributed by atoms with E-state index in [1.165, 1.54) is 18.5 Å². The number of anilines is 1. The van der Waals surface area contributed by atoms with Gasteiger partial charge < -0.3 is 14.5 Å². The average Bonchev–Trinajstić information content (AvgIpc) is 3.52. The Morgan fingerprint density at radius 3 is 2.53 bits per heavy atom. The van der Waals surface area contributed by atoms with Gasteiger partial charge in [-0.25, -0.2) is 18.7 Å². The van der Waals surface area contributed by atoms with Crippen LogP contribution in [0.2, 0.25) is 0 Å². The second-order valence-electron chi connectivity index (χ2n) is 7.57. The Hall–Kier alpha value is -4.15. The maximum Gasteiger partial charge on any atom is 0.290 e. The van der Waals surface area contributed by atoms with Crippen LogP contribution >= 0.6 is 0 Å². The summed E-state index contributed by atoms with van der Waals surface area (Å²) in [6.07, 6.45) is 5.78. The van der Waals surface area contributed by atoms with Crippen molar-refractivity contribution in [2.24, 2.45) is 0 Å². The number of carbonyl (C=O) groups is 1. The molecule has 0 radical (unpaired) electrons. The first-order valence-corrected chi connectivity index (χ1v) is 10.7. The molecule has 0 amide bonds. The lowest BCUT2D eigenvalue weighted by Crippen LogP contribution is -2.31. The van der Waals surface area contributed by atoms with E-state index in [0.717, 1.165) is 32.4 Å². The Balaban J connectivity index is 0.000000868. The molecule has 1 N–H and O–H groups in total. The fraction of sp³-hybridized carbons (Fsp3) is 0.261. The lowest BCUT2D eigenvalue weighted by Gasteiger charge is -2.27. The first-order valence-electron chi connectivity index (χ1n) is 10.7. The molecule has 4 aromatic rings. The van der Waals surface area contributed by atoms with E-state index < -0.39 is 5.82 Å². The van der Waals surface area contributed by atoms with Crippen molar-refractivity contribution in [3.8, 4) is 22.9 Å². The molecule has 1 aliphatic rings. The largest absolute Gasteiger partial charge is 0.483 e. The quantitative estimate of drug-likeness (QED) is 0.438. The van der Waals surface area contributed by atoms with Crippen molar-refractivity contribution in [3.63, 3.8) is 0 Å². The highest BCUT2D eigenvalue weighted by molar-refractivity contribution is 5.63. The highest BCUT2D eigenvalue weighted by atomic mass is 19.1. The number of benzene rings is 1. The van der Waals surface area contributed by atoms with Crippen LogP contribution in [0, 0.1) is 11.6 Å². The van der Waals surface area contributed by atoms with Crippen LogP contribution in [0.1, 0.15) is 24.8 Å². The molecule has 176 valence electrons. The van der Waals surface area contributed by atoms with Gasteiger partial charge in [0.15, 0.2) is 17.5 Å². The molecule has 0 bridgehead atoms. The Morgan fingerprint density at radius 1 is 1.06 bits per heavy atom. The molecule has 1 aromatic carbocycles. The van der Waals surface area contributed by atoms with E-state index in [4.69, 9.17) is 14.4 Å². The molecule has 11 heteroatoms.